The van der Waals surface area contributed by atoms with E-state index in [1.807, 2.05) is 32.9 Å². The Kier molecular flexibility index (Phi) is 17.0. The molecule has 0 spiro atoms. The van der Waals surface area contributed by atoms with E-state index < -0.39 is 24.6 Å². The molecule has 0 saturated carbocycles. The first-order valence-corrected chi connectivity index (χ1v) is 20.5. The number of aliphatic carboxylic acids is 2. The fraction of sp³-hybridized carbons (Fsp3) is 0.388. The molecule has 0 amide bonds. The number of aliphatic hydroxyl groups is 2. The van der Waals surface area contributed by atoms with Gasteiger partial charge in [0.1, 0.15) is 0 Å². The first kappa shape index (κ1) is 47.6. The molecular formula is C49H58FeN4O6. The zero-order valence-corrected chi connectivity index (χ0v) is 37.0. The maximum atomic E-state index is 11.9. The zero-order valence-electron chi connectivity index (χ0n) is 35.9. The standard InChI is InChI=1S/C49H60N4O6.Fe/c1-9-34-31(6)39-25-45-49(46(55)18-12-17-30(5)16-11-15-29(4)14-10-13-28(2)3)33(8)40(52-45)24-44-37(27-54)36(20-22-48(58)59)43(53-44)26-42-35(19-21-47(56)57)32(7)38(51-42)23-41(34)50-39;/h9,13,15,17,23-26,46,54-55H,1,10-12,14,16,18-22,27H2,2-8H3,(H4,50,51,52,53,56,57,58,59);/q;+2/p-2/b29-15+,30-17+,38-23?,39-25?,40-24?,41-23?,42-26?,43-26?,44-24?,45-25?;. The third-order valence-corrected chi connectivity index (χ3v) is 11.2. The second-order valence-electron chi connectivity index (χ2n) is 15.9. The number of fused-ring (bicyclic) bond motifs is 8. The second-order valence-corrected chi connectivity index (χ2v) is 15.9. The Hall–Kier alpha value is -5.06. The largest absolute Gasteiger partial charge is 2.00 e. The summed E-state index contributed by atoms with van der Waals surface area (Å²) >= 11 is 0. The summed E-state index contributed by atoms with van der Waals surface area (Å²) in [6.45, 7) is 18.0. The summed E-state index contributed by atoms with van der Waals surface area (Å²) in [5.74, 6) is -1.93. The zero-order chi connectivity index (χ0) is 43.0. The molecule has 60 heavy (non-hydrogen) atoms. The Bertz CT molecular complexity index is 2460. The van der Waals surface area contributed by atoms with E-state index in [2.05, 4.69) is 52.5 Å². The maximum Gasteiger partial charge on any atom is 2.00 e. The van der Waals surface area contributed by atoms with Crippen molar-refractivity contribution >= 4 is 56.3 Å². The van der Waals surface area contributed by atoms with Crippen LogP contribution in [0.15, 0.2) is 71.9 Å². The number of hydrogen-bond donors (Lipinski definition) is 4. The Balaban J connectivity index is 0.00000794. The minimum atomic E-state index is -0.990. The van der Waals surface area contributed by atoms with Crippen LogP contribution < -0.4 is 9.97 Å². The SMILES string of the molecule is C=CC1=C(C)c2cc3[n-]c(cc4nc(cc5[n-]c(cc1n2)c(C)c5CCC(=O)O)C(CCC(=O)O)=C4CO)c(C)c3C(O)CC/C=C(\C)CC/C=C(\C)CCC=C(C)C.[Fe+2]. The van der Waals surface area contributed by atoms with Gasteiger partial charge < -0.3 is 30.4 Å². The number of aryl methyl sites for hydroxylation is 3. The number of hydrogen-bond acceptors (Lipinski definition) is 6. The van der Waals surface area contributed by atoms with E-state index in [9.17, 15) is 30.0 Å². The number of carboxylic acids is 2. The fourth-order valence-corrected chi connectivity index (χ4v) is 7.81. The Morgan fingerprint density at radius 1 is 0.700 bits per heavy atom. The van der Waals surface area contributed by atoms with Crippen LogP contribution in [-0.4, -0.2) is 48.9 Å². The van der Waals surface area contributed by atoms with Gasteiger partial charge >= 0.3 is 29.0 Å². The smallest absolute Gasteiger partial charge is 0.657 e. The molecule has 8 bridgehead atoms. The fourth-order valence-electron chi connectivity index (χ4n) is 7.81. The molecule has 0 aliphatic carbocycles. The van der Waals surface area contributed by atoms with E-state index in [0.29, 0.717) is 74.4 Å². The summed E-state index contributed by atoms with van der Waals surface area (Å²) in [4.78, 5) is 43.4. The number of carbonyl (C=O) groups is 2. The van der Waals surface area contributed by atoms with Crippen molar-refractivity contribution in [2.75, 3.05) is 6.61 Å². The maximum absolute atomic E-state index is 11.9. The molecule has 3 aromatic heterocycles. The topological polar surface area (TPSA) is 169 Å². The molecule has 2 aliphatic heterocycles. The average molecular weight is 855 g/mol. The van der Waals surface area contributed by atoms with E-state index in [4.69, 9.17) is 19.9 Å². The third kappa shape index (κ3) is 11.6. The van der Waals surface area contributed by atoms with Crippen molar-refractivity contribution < 1.29 is 47.1 Å². The molecule has 0 fully saturated rings. The Morgan fingerprint density at radius 3 is 1.87 bits per heavy atom. The minimum Gasteiger partial charge on any atom is -0.657 e. The van der Waals surface area contributed by atoms with Crippen LogP contribution in [0.25, 0.3) is 44.4 Å². The molecule has 0 radical (unpaired) electrons. The molecule has 318 valence electrons. The first-order chi connectivity index (χ1) is 28.1. The Morgan fingerprint density at radius 2 is 1.23 bits per heavy atom. The molecule has 2 aliphatic rings. The van der Waals surface area contributed by atoms with Gasteiger partial charge in [0.25, 0.3) is 0 Å². The van der Waals surface area contributed by atoms with Gasteiger partial charge in [-0.25, -0.2) is 9.97 Å². The van der Waals surface area contributed by atoms with Gasteiger partial charge in [-0.05, 0) is 117 Å². The van der Waals surface area contributed by atoms with Crippen LogP contribution in [0, 0.1) is 13.8 Å². The second kappa shape index (κ2) is 21.5. The monoisotopic (exact) mass is 854 g/mol. The predicted octanol–water partition coefficient (Wildman–Crippen LogP) is 10.3. The number of aliphatic hydroxyl groups excluding tert-OH is 2. The average Bonchev–Trinajstić information content (AvgIpc) is 3.85. The van der Waals surface area contributed by atoms with Crippen molar-refractivity contribution in [3.05, 3.63) is 117 Å². The molecule has 1 unspecified atom stereocenters. The van der Waals surface area contributed by atoms with Crippen LogP contribution in [0.4, 0.5) is 0 Å². The van der Waals surface area contributed by atoms with E-state index in [1.54, 1.807) is 18.2 Å². The summed E-state index contributed by atoms with van der Waals surface area (Å²) in [7, 11) is 0. The van der Waals surface area contributed by atoms with Crippen LogP contribution in [0.5, 0.6) is 0 Å². The number of aromatic nitrogens is 4. The third-order valence-electron chi connectivity index (χ3n) is 11.2. The van der Waals surface area contributed by atoms with Crippen molar-refractivity contribution in [3.63, 3.8) is 0 Å². The summed E-state index contributed by atoms with van der Waals surface area (Å²) in [5, 5.41) is 41.8. The van der Waals surface area contributed by atoms with E-state index in [0.717, 1.165) is 53.5 Å². The molecule has 1 atom stereocenters. The van der Waals surface area contributed by atoms with Gasteiger partial charge in [0, 0.05) is 24.0 Å². The molecule has 5 rings (SSSR count). The number of allylic oxidation sites excluding steroid dienone is 10. The van der Waals surface area contributed by atoms with Crippen LogP contribution in [0.1, 0.15) is 144 Å². The van der Waals surface area contributed by atoms with E-state index in [-0.39, 0.29) is 42.8 Å². The van der Waals surface area contributed by atoms with Crippen molar-refractivity contribution in [2.24, 2.45) is 0 Å². The summed E-state index contributed by atoms with van der Waals surface area (Å²) in [6.07, 6.45) is 13.0. The van der Waals surface area contributed by atoms with Crippen molar-refractivity contribution in [2.45, 2.75) is 119 Å². The number of rotatable bonds is 18. The van der Waals surface area contributed by atoms with Crippen molar-refractivity contribution in [3.8, 4) is 0 Å². The molecule has 10 nitrogen and oxygen atoms in total. The van der Waals surface area contributed by atoms with Crippen LogP contribution in [-0.2, 0) is 33.1 Å². The van der Waals surface area contributed by atoms with Gasteiger partial charge in [-0.2, -0.15) is 0 Å². The van der Waals surface area contributed by atoms with Gasteiger partial charge in [-0.3, -0.25) is 9.59 Å². The summed E-state index contributed by atoms with van der Waals surface area (Å²) in [5.41, 5.74) is 14.2. The molecule has 11 heteroatoms. The molecule has 0 aromatic carbocycles. The molecule has 5 heterocycles. The van der Waals surface area contributed by atoms with Crippen molar-refractivity contribution in [1.82, 2.24) is 19.9 Å². The summed E-state index contributed by atoms with van der Waals surface area (Å²) in [6, 6.07) is 7.29. The quantitative estimate of drug-likeness (QED) is 0.0714. The molecular weight excluding hydrogens is 796 g/mol. The van der Waals surface area contributed by atoms with Crippen LogP contribution >= 0.6 is 0 Å². The minimum absolute atomic E-state index is 0. The van der Waals surface area contributed by atoms with E-state index >= 15 is 0 Å². The Labute approximate surface area is 364 Å². The van der Waals surface area contributed by atoms with Gasteiger partial charge in [-0.15, -0.1) is 22.1 Å². The van der Waals surface area contributed by atoms with E-state index in [1.165, 1.54) is 16.7 Å². The van der Waals surface area contributed by atoms with Gasteiger partial charge in [-0.1, -0.05) is 88.6 Å². The summed E-state index contributed by atoms with van der Waals surface area (Å²) < 4.78 is 0. The molecule has 3 aromatic rings. The number of carboxylic acid groups (broad SMARTS) is 2. The molecule has 0 saturated heterocycles. The van der Waals surface area contributed by atoms with Gasteiger partial charge in [0.2, 0.25) is 0 Å². The normalized spacial score (nSPS) is 13.7. The molecule has 4 N–H and O–H groups in total. The van der Waals surface area contributed by atoms with Gasteiger partial charge in [0.05, 0.1) is 35.5 Å². The predicted molar refractivity (Wildman–Crippen MR) is 237 cm³/mol. The van der Waals surface area contributed by atoms with Crippen LogP contribution in [0.2, 0.25) is 0 Å². The number of nitrogens with zero attached hydrogens (tertiary/aromatic N) is 4. The first-order valence-electron chi connectivity index (χ1n) is 20.5. The van der Waals surface area contributed by atoms with Gasteiger partial charge in [0.15, 0.2) is 0 Å². The van der Waals surface area contributed by atoms with Crippen LogP contribution in [0.3, 0.4) is 0 Å². The van der Waals surface area contributed by atoms with Crippen molar-refractivity contribution in [1.29, 1.82) is 0 Å².